The van der Waals surface area contributed by atoms with Crippen LogP contribution in [0.5, 0.6) is 0 Å². The molecule has 3 aromatic rings. The third-order valence-electron chi connectivity index (χ3n) is 4.96. The molecule has 2 heterocycles. The molecule has 1 aliphatic carbocycles. The lowest BCUT2D eigenvalue weighted by molar-refractivity contribution is 0.0196. The molecular formula is C19H20ClFN6O. The summed E-state index contributed by atoms with van der Waals surface area (Å²) >= 11 is 5.85. The van der Waals surface area contributed by atoms with Crippen LogP contribution in [0, 0.1) is 5.82 Å². The molecule has 1 aliphatic rings. The first-order valence-electron chi connectivity index (χ1n) is 9.08. The number of nitrogens with zero attached hydrogens (tertiary/aromatic N) is 4. The maximum absolute atomic E-state index is 13.4. The van der Waals surface area contributed by atoms with Crippen molar-refractivity contribution in [3.63, 3.8) is 0 Å². The molecule has 28 heavy (non-hydrogen) atoms. The number of rotatable bonds is 4. The zero-order valence-corrected chi connectivity index (χ0v) is 16.0. The van der Waals surface area contributed by atoms with Crippen LogP contribution in [0.25, 0.3) is 11.0 Å². The zero-order chi connectivity index (χ0) is 19.7. The van der Waals surface area contributed by atoms with Crippen LogP contribution in [0.1, 0.15) is 32.6 Å². The third kappa shape index (κ3) is 4.13. The molecule has 0 bridgehead atoms. The average Bonchev–Trinajstić information content (AvgIpc) is 2.67. The number of benzene rings is 1. The van der Waals surface area contributed by atoms with E-state index in [1.807, 2.05) is 6.92 Å². The predicted molar refractivity (Wildman–Crippen MR) is 106 cm³/mol. The van der Waals surface area contributed by atoms with E-state index in [4.69, 9.17) is 11.6 Å². The van der Waals surface area contributed by atoms with Crippen molar-refractivity contribution in [1.82, 2.24) is 19.9 Å². The summed E-state index contributed by atoms with van der Waals surface area (Å²) in [5.41, 5.74) is 1.13. The second kappa shape index (κ2) is 7.44. The summed E-state index contributed by atoms with van der Waals surface area (Å²) in [5.74, 6) is 0.471. The summed E-state index contributed by atoms with van der Waals surface area (Å²) in [6, 6.07) is 4.55. The van der Waals surface area contributed by atoms with Gasteiger partial charge in [-0.1, -0.05) is 11.6 Å². The molecule has 0 spiro atoms. The first-order chi connectivity index (χ1) is 13.4. The van der Waals surface area contributed by atoms with E-state index in [2.05, 4.69) is 30.6 Å². The average molecular weight is 403 g/mol. The van der Waals surface area contributed by atoms with Gasteiger partial charge in [-0.05, 0) is 50.8 Å². The quantitative estimate of drug-likeness (QED) is 0.605. The number of halogens is 2. The number of hydrogen-bond acceptors (Lipinski definition) is 7. The lowest BCUT2D eigenvalue weighted by atomic mass is 9.84. The second-order valence-corrected chi connectivity index (χ2v) is 7.73. The normalized spacial score (nSPS) is 22.2. The summed E-state index contributed by atoms with van der Waals surface area (Å²) in [7, 11) is 0. The lowest BCUT2D eigenvalue weighted by Gasteiger charge is -2.33. The Hall–Kier alpha value is -2.58. The van der Waals surface area contributed by atoms with Gasteiger partial charge in [-0.2, -0.15) is 0 Å². The van der Waals surface area contributed by atoms with Gasteiger partial charge in [0.25, 0.3) is 0 Å². The highest BCUT2D eigenvalue weighted by molar-refractivity contribution is 6.31. The van der Waals surface area contributed by atoms with Crippen LogP contribution in [0.15, 0.2) is 30.7 Å². The van der Waals surface area contributed by atoms with E-state index in [0.717, 1.165) is 25.7 Å². The molecular weight excluding hydrogens is 383 g/mol. The van der Waals surface area contributed by atoms with E-state index in [1.165, 1.54) is 18.5 Å². The van der Waals surface area contributed by atoms with E-state index >= 15 is 0 Å². The maximum atomic E-state index is 13.4. The first kappa shape index (κ1) is 18.8. The third-order valence-corrected chi connectivity index (χ3v) is 5.25. The maximum Gasteiger partial charge on any atom is 0.223 e. The fourth-order valence-corrected chi connectivity index (χ4v) is 3.47. The SMILES string of the molecule is C[C@]1(O)CC[C@H](Nc2ncc3ncnc(Nc4ccc(F)c(Cl)c4)c3n2)CC1. The Morgan fingerprint density at radius 2 is 2.00 bits per heavy atom. The summed E-state index contributed by atoms with van der Waals surface area (Å²) in [6.45, 7) is 1.87. The van der Waals surface area contributed by atoms with Crippen molar-refractivity contribution in [1.29, 1.82) is 0 Å². The van der Waals surface area contributed by atoms with Gasteiger partial charge in [0.1, 0.15) is 23.2 Å². The van der Waals surface area contributed by atoms with Crippen LogP contribution in [0.4, 0.5) is 21.8 Å². The largest absolute Gasteiger partial charge is 0.390 e. The topological polar surface area (TPSA) is 95.9 Å². The highest BCUT2D eigenvalue weighted by Crippen LogP contribution is 2.30. The monoisotopic (exact) mass is 402 g/mol. The van der Waals surface area contributed by atoms with Crippen molar-refractivity contribution in [2.24, 2.45) is 0 Å². The fraction of sp³-hybridized carbons (Fsp3) is 0.368. The Bertz CT molecular complexity index is 1000. The minimum absolute atomic E-state index is 0.0218. The minimum Gasteiger partial charge on any atom is -0.390 e. The lowest BCUT2D eigenvalue weighted by Crippen LogP contribution is -2.36. The van der Waals surface area contributed by atoms with Gasteiger partial charge in [0.15, 0.2) is 5.82 Å². The molecule has 146 valence electrons. The molecule has 3 N–H and O–H groups in total. The fourth-order valence-electron chi connectivity index (χ4n) is 3.29. The Kier molecular flexibility index (Phi) is 4.99. The molecule has 1 fully saturated rings. The molecule has 9 heteroatoms. The van der Waals surface area contributed by atoms with Crippen LogP contribution in [0.3, 0.4) is 0 Å². The summed E-state index contributed by atoms with van der Waals surface area (Å²) in [5, 5.41) is 16.6. The van der Waals surface area contributed by atoms with E-state index in [9.17, 15) is 9.50 Å². The Balaban J connectivity index is 1.58. The first-order valence-corrected chi connectivity index (χ1v) is 9.46. The van der Waals surface area contributed by atoms with E-state index in [1.54, 1.807) is 12.3 Å². The Morgan fingerprint density at radius 3 is 2.75 bits per heavy atom. The summed E-state index contributed by atoms with van der Waals surface area (Å²) in [4.78, 5) is 17.4. The molecule has 0 amide bonds. The molecule has 0 unspecified atom stereocenters. The van der Waals surface area contributed by atoms with Crippen molar-refractivity contribution < 1.29 is 9.50 Å². The predicted octanol–water partition coefficient (Wildman–Crippen LogP) is 4.06. The Labute approximate surface area is 166 Å². The number of nitrogens with one attached hydrogen (secondary N) is 2. The highest BCUT2D eigenvalue weighted by Gasteiger charge is 2.28. The van der Waals surface area contributed by atoms with Gasteiger partial charge < -0.3 is 15.7 Å². The number of aromatic nitrogens is 4. The van der Waals surface area contributed by atoms with Gasteiger partial charge >= 0.3 is 0 Å². The standard InChI is InChI=1S/C19H20ClFN6O/c1-19(28)6-4-11(5-7-19)26-18-22-9-15-16(27-18)17(24-10-23-15)25-12-2-3-14(21)13(20)8-12/h2-3,8-11,28H,4-7H2,1H3,(H,22,26,27)(H,23,24,25)/t11-,19-. The summed E-state index contributed by atoms with van der Waals surface area (Å²) < 4.78 is 13.4. The number of hydrogen-bond donors (Lipinski definition) is 3. The van der Waals surface area contributed by atoms with Crippen LogP contribution in [-0.2, 0) is 0 Å². The Morgan fingerprint density at radius 1 is 1.21 bits per heavy atom. The number of anilines is 3. The van der Waals surface area contributed by atoms with E-state index in [-0.39, 0.29) is 11.1 Å². The van der Waals surface area contributed by atoms with Crippen LogP contribution in [-0.4, -0.2) is 36.7 Å². The molecule has 0 atom stereocenters. The van der Waals surface area contributed by atoms with Gasteiger partial charge in [-0.15, -0.1) is 0 Å². The van der Waals surface area contributed by atoms with Gasteiger partial charge in [-0.3, -0.25) is 0 Å². The van der Waals surface area contributed by atoms with Crippen LogP contribution in [0.2, 0.25) is 5.02 Å². The van der Waals surface area contributed by atoms with Crippen molar-refractivity contribution in [3.05, 3.63) is 41.6 Å². The number of fused-ring (bicyclic) bond motifs is 1. The molecule has 1 aromatic carbocycles. The number of aliphatic hydroxyl groups is 1. The van der Waals surface area contributed by atoms with E-state index in [0.29, 0.717) is 28.5 Å². The van der Waals surface area contributed by atoms with Crippen molar-refractivity contribution in [2.45, 2.75) is 44.2 Å². The second-order valence-electron chi connectivity index (χ2n) is 7.32. The molecule has 4 rings (SSSR count). The van der Waals surface area contributed by atoms with Gasteiger partial charge in [0, 0.05) is 11.7 Å². The van der Waals surface area contributed by atoms with Crippen LogP contribution >= 0.6 is 11.6 Å². The van der Waals surface area contributed by atoms with Crippen LogP contribution < -0.4 is 10.6 Å². The summed E-state index contributed by atoms with van der Waals surface area (Å²) in [6.07, 6.45) is 6.21. The minimum atomic E-state index is -0.593. The molecule has 0 saturated heterocycles. The van der Waals surface area contributed by atoms with Gasteiger partial charge in [0.05, 0.1) is 16.8 Å². The molecule has 2 aromatic heterocycles. The molecule has 0 aliphatic heterocycles. The molecule has 0 radical (unpaired) electrons. The molecule has 1 saturated carbocycles. The van der Waals surface area contributed by atoms with Gasteiger partial charge in [-0.25, -0.2) is 24.3 Å². The molecule has 7 nitrogen and oxygen atoms in total. The van der Waals surface area contributed by atoms with E-state index < -0.39 is 11.4 Å². The smallest absolute Gasteiger partial charge is 0.223 e. The zero-order valence-electron chi connectivity index (χ0n) is 15.3. The van der Waals surface area contributed by atoms with Crippen molar-refractivity contribution >= 4 is 40.1 Å². The van der Waals surface area contributed by atoms with Gasteiger partial charge in [0.2, 0.25) is 5.95 Å². The van der Waals surface area contributed by atoms with Crippen molar-refractivity contribution in [2.75, 3.05) is 10.6 Å². The van der Waals surface area contributed by atoms with Crippen molar-refractivity contribution in [3.8, 4) is 0 Å². The highest BCUT2D eigenvalue weighted by atomic mass is 35.5.